The second-order valence-electron chi connectivity index (χ2n) is 5.20. The molecule has 7 heteroatoms. The topological polar surface area (TPSA) is 101 Å². The van der Waals surface area contributed by atoms with Crippen molar-refractivity contribution in [1.82, 2.24) is 0 Å². The summed E-state index contributed by atoms with van der Waals surface area (Å²) < 4.78 is 10.2. The van der Waals surface area contributed by atoms with E-state index in [1.807, 2.05) is 0 Å². The van der Waals surface area contributed by atoms with Crippen molar-refractivity contribution in [2.24, 2.45) is 5.10 Å². The molecule has 0 atom stereocenters. The number of carbonyl (C=O) groups excluding carboxylic acids is 1. The lowest BCUT2D eigenvalue weighted by atomic mass is 10.2. The lowest BCUT2D eigenvalue weighted by Crippen LogP contribution is -2.07. The molecule has 0 aliphatic rings. The Morgan fingerprint density at radius 3 is 2.69 bits per heavy atom. The minimum absolute atomic E-state index is 0.115. The molecule has 0 aliphatic heterocycles. The van der Waals surface area contributed by atoms with E-state index < -0.39 is 11.9 Å². The molecular weight excluding hydrogens is 336 g/mol. The number of anilines is 1. The van der Waals surface area contributed by atoms with Gasteiger partial charge in [0.05, 0.1) is 23.7 Å². The van der Waals surface area contributed by atoms with Crippen LogP contribution in [-0.2, 0) is 0 Å². The number of ether oxygens (including phenoxy) is 1. The van der Waals surface area contributed by atoms with Gasteiger partial charge in [-0.3, -0.25) is 5.43 Å². The SMILES string of the molecule is O=C(O)c1cccc(NN=Cc2cccc(OC(=O)c3ccco3)c2)c1. The quantitative estimate of drug-likeness (QED) is 0.305. The number of carboxylic acid groups (broad SMARTS) is 1. The standard InChI is InChI=1S/C19H14N2O5/c22-18(23)14-5-2-6-15(11-14)21-20-12-13-4-1-7-16(10-13)26-19(24)17-8-3-9-25-17/h1-12,21H,(H,22,23). The molecular formula is C19H14N2O5. The Morgan fingerprint density at radius 2 is 1.92 bits per heavy atom. The highest BCUT2D eigenvalue weighted by atomic mass is 16.5. The lowest BCUT2D eigenvalue weighted by molar-refractivity contribution is 0.0689. The maximum atomic E-state index is 11.9. The van der Waals surface area contributed by atoms with Crippen LogP contribution in [0.15, 0.2) is 76.4 Å². The maximum Gasteiger partial charge on any atom is 0.379 e. The molecule has 3 aromatic rings. The van der Waals surface area contributed by atoms with Crippen LogP contribution in [0.25, 0.3) is 0 Å². The molecule has 130 valence electrons. The number of nitrogens with one attached hydrogen (secondary N) is 1. The van der Waals surface area contributed by atoms with Crippen molar-refractivity contribution in [1.29, 1.82) is 0 Å². The molecule has 0 saturated carbocycles. The monoisotopic (exact) mass is 350 g/mol. The van der Waals surface area contributed by atoms with Crippen LogP contribution < -0.4 is 10.2 Å². The van der Waals surface area contributed by atoms with E-state index in [0.717, 1.165) is 0 Å². The molecule has 0 unspecified atom stereocenters. The molecule has 3 rings (SSSR count). The van der Waals surface area contributed by atoms with Crippen LogP contribution in [0, 0.1) is 0 Å². The smallest absolute Gasteiger partial charge is 0.379 e. The molecule has 2 N–H and O–H groups in total. The van der Waals surface area contributed by atoms with E-state index in [4.69, 9.17) is 14.3 Å². The van der Waals surface area contributed by atoms with Gasteiger partial charge in [-0.1, -0.05) is 18.2 Å². The minimum atomic E-state index is -1.01. The van der Waals surface area contributed by atoms with E-state index in [2.05, 4.69) is 10.5 Å². The second-order valence-corrected chi connectivity index (χ2v) is 5.20. The summed E-state index contributed by atoms with van der Waals surface area (Å²) >= 11 is 0. The highest BCUT2D eigenvalue weighted by molar-refractivity contribution is 5.89. The Hall–Kier alpha value is -3.87. The van der Waals surface area contributed by atoms with E-state index in [1.54, 1.807) is 42.5 Å². The summed E-state index contributed by atoms with van der Waals surface area (Å²) in [6.07, 6.45) is 2.92. The van der Waals surface area contributed by atoms with Crippen LogP contribution in [0.4, 0.5) is 5.69 Å². The number of nitrogens with zero attached hydrogens (tertiary/aromatic N) is 1. The predicted molar refractivity (Wildman–Crippen MR) is 94.7 cm³/mol. The first-order chi connectivity index (χ1) is 12.6. The molecule has 0 fully saturated rings. The van der Waals surface area contributed by atoms with Gasteiger partial charge in [-0.2, -0.15) is 5.10 Å². The highest BCUT2D eigenvalue weighted by Gasteiger charge is 2.11. The Kier molecular flexibility index (Phi) is 5.09. The maximum absolute atomic E-state index is 11.9. The average molecular weight is 350 g/mol. The number of hydrogen-bond acceptors (Lipinski definition) is 6. The number of carboxylic acids is 1. The van der Waals surface area contributed by atoms with Crippen LogP contribution in [0.1, 0.15) is 26.5 Å². The number of esters is 1. The number of hydrazone groups is 1. The zero-order chi connectivity index (χ0) is 18.4. The van der Waals surface area contributed by atoms with Crippen LogP contribution in [0.3, 0.4) is 0 Å². The van der Waals surface area contributed by atoms with E-state index in [9.17, 15) is 9.59 Å². The van der Waals surface area contributed by atoms with Crippen molar-refractivity contribution in [3.8, 4) is 5.75 Å². The fraction of sp³-hybridized carbons (Fsp3) is 0. The molecule has 2 aromatic carbocycles. The second kappa shape index (κ2) is 7.80. The van der Waals surface area contributed by atoms with Crippen molar-refractivity contribution in [2.45, 2.75) is 0 Å². The highest BCUT2D eigenvalue weighted by Crippen LogP contribution is 2.15. The van der Waals surface area contributed by atoms with E-state index in [1.165, 1.54) is 30.7 Å². The van der Waals surface area contributed by atoms with Crippen molar-refractivity contribution < 1.29 is 23.8 Å². The van der Waals surface area contributed by atoms with Crippen LogP contribution in [0.2, 0.25) is 0 Å². The Morgan fingerprint density at radius 1 is 1.08 bits per heavy atom. The zero-order valence-corrected chi connectivity index (χ0v) is 13.5. The van der Waals surface area contributed by atoms with Crippen molar-refractivity contribution >= 4 is 23.8 Å². The molecule has 1 aromatic heterocycles. The molecule has 0 saturated heterocycles. The molecule has 0 aliphatic carbocycles. The van der Waals surface area contributed by atoms with E-state index in [-0.39, 0.29) is 11.3 Å². The van der Waals surface area contributed by atoms with Crippen LogP contribution >= 0.6 is 0 Å². The number of rotatable bonds is 6. The lowest BCUT2D eigenvalue weighted by Gasteiger charge is -2.04. The summed E-state index contributed by atoms with van der Waals surface area (Å²) in [5, 5.41) is 13.0. The first kappa shape index (κ1) is 17.0. The number of hydrogen-bond donors (Lipinski definition) is 2. The van der Waals surface area contributed by atoms with Gasteiger partial charge in [0.2, 0.25) is 5.76 Å². The van der Waals surface area contributed by atoms with Gasteiger partial charge in [-0.15, -0.1) is 0 Å². The zero-order valence-electron chi connectivity index (χ0n) is 13.5. The summed E-state index contributed by atoms with van der Waals surface area (Å²) in [5.41, 5.74) is 4.15. The molecule has 0 amide bonds. The molecule has 0 radical (unpaired) electrons. The molecule has 26 heavy (non-hydrogen) atoms. The summed E-state index contributed by atoms with van der Waals surface area (Å²) in [7, 11) is 0. The summed E-state index contributed by atoms with van der Waals surface area (Å²) in [6.45, 7) is 0. The van der Waals surface area contributed by atoms with E-state index >= 15 is 0 Å². The van der Waals surface area contributed by atoms with Gasteiger partial charge in [0.1, 0.15) is 5.75 Å². The van der Waals surface area contributed by atoms with Crippen molar-refractivity contribution in [3.05, 3.63) is 83.8 Å². The average Bonchev–Trinajstić information content (AvgIpc) is 3.17. The Labute approximate surface area is 148 Å². The molecule has 1 heterocycles. The summed E-state index contributed by atoms with van der Waals surface area (Å²) in [4.78, 5) is 22.8. The predicted octanol–water partition coefficient (Wildman–Crippen LogP) is 3.64. The van der Waals surface area contributed by atoms with Gasteiger partial charge in [-0.25, -0.2) is 9.59 Å². The normalized spacial score (nSPS) is 10.6. The van der Waals surface area contributed by atoms with Crippen LogP contribution in [-0.4, -0.2) is 23.3 Å². The largest absolute Gasteiger partial charge is 0.478 e. The molecule has 0 spiro atoms. The fourth-order valence-corrected chi connectivity index (χ4v) is 2.11. The van der Waals surface area contributed by atoms with Crippen molar-refractivity contribution in [3.63, 3.8) is 0 Å². The minimum Gasteiger partial charge on any atom is -0.478 e. The third-order valence-electron chi connectivity index (χ3n) is 3.31. The number of furan rings is 1. The third-order valence-corrected chi connectivity index (χ3v) is 3.31. The van der Waals surface area contributed by atoms with Gasteiger partial charge in [0.25, 0.3) is 0 Å². The van der Waals surface area contributed by atoms with Gasteiger partial charge in [-0.05, 0) is 48.0 Å². The number of carbonyl (C=O) groups is 2. The van der Waals surface area contributed by atoms with Gasteiger partial charge < -0.3 is 14.3 Å². The first-order valence-corrected chi connectivity index (χ1v) is 7.60. The third kappa shape index (κ3) is 4.35. The van der Waals surface area contributed by atoms with Gasteiger partial charge in [0.15, 0.2) is 0 Å². The summed E-state index contributed by atoms with van der Waals surface area (Å²) in [5.74, 6) is -1.14. The number of aromatic carboxylic acids is 1. The van der Waals surface area contributed by atoms with Crippen molar-refractivity contribution in [2.75, 3.05) is 5.43 Å². The van der Waals surface area contributed by atoms with Gasteiger partial charge >= 0.3 is 11.9 Å². The fourth-order valence-electron chi connectivity index (χ4n) is 2.11. The number of benzene rings is 2. The van der Waals surface area contributed by atoms with E-state index in [0.29, 0.717) is 17.0 Å². The Balaban J connectivity index is 1.65. The molecule has 0 bridgehead atoms. The molecule has 7 nitrogen and oxygen atoms in total. The Bertz CT molecular complexity index is 948. The first-order valence-electron chi connectivity index (χ1n) is 7.60. The van der Waals surface area contributed by atoms with Gasteiger partial charge in [0, 0.05) is 0 Å². The van der Waals surface area contributed by atoms with Crippen LogP contribution in [0.5, 0.6) is 5.75 Å². The summed E-state index contributed by atoms with van der Waals surface area (Å²) in [6, 6.07) is 16.2.